The Morgan fingerprint density at radius 3 is 2.92 bits per heavy atom. The number of nitrogens with zero attached hydrogens (tertiary/aromatic N) is 3. The van der Waals surface area contributed by atoms with Crippen LogP contribution in [0.4, 0.5) is 0 Å². The molecule has 3 aromatic rings. The average Bonchev–Trinajstić information content (AvgIpc) is 3.00. The van der Waals surface area contributed by atoms with Crippen molar-refractivity contribution in [2.24, 2.45) is 0 Å². The fourth-order valence-electron chi connectivity index (χ4n) is 2.95. The SMILES string of the molecule is [2H]C([2H])(Cn1c2c(c3cc(C)ccc31)C([2H])([2H])N(C)C([2H])([2H])C2([2H])[2H])c1ccc(C)nc1. The molecule has 0 N–H and O–H groups in total. The molecule has 0 atom stereocenters. The molecule has 0 bridgehead atoms. The zero-order chi connectivity index (χ0) is 23.9. The summed E-state index contributed by atoms with van der Waals surface area (Å²) in [6.07, 6.45) is -3.11. The first-order valence-electron chi connectivity index (χ1n) is 11.9. The lowest BCUT2D eigenvalue weighted by molar-refractivity contribution is 0.309. The molecule has 0 amide bonds. The first kappa shape index (κ1) is 8.82. The van der Waals surface area contributed by atoms with Gasteiger partial charge < -0.3 is 9.47 Å². The molecule has 0 saturated carbocycles. The van der Waals surface area contributed by atoms with Crippen LogP contribution in [0.1, 0.15) is 39.0 Å². The summed E-state index contributed by atoms with van der Waals surface area (Å²) >= 11 is 0. The average molecular weight is 328 g/mol. The highest BCUT2D eigenvalue weighted by atomic mass is 15.1. The lowest BCUT2D eigenvalue weighted by Crippen LogP contribution is -2.27. The minimum atomic E-state index is -2.66. The minimum absolute atomic E-state index is 0.0386. The van der Waals surface area contributed by atoms with Gasteiger partial charge in [-0.15, -0.1) is 0 Å². The third-order valence-corrected chi connectivity index (χ3v) is 4.19. The van der Waals surface area contributed by atoms with Gasteiger partial charge in [0.2, 0.25) is 0 Å². The van der Waals surface area contributed by atoms with Crippen molar-refractivity contribution < 1.29 is 11.0 Å². The first-order chi connectivity index (χ1) is 14.6. The van der Waals surface area contributed by atoms with Crippen LogP contribution in [0, 0.1) is 13.8 Å². The molecular weight excluding hydrogens is 294 g/mol. The Morgan fingerprint density at radius 2 is 2.12 bits per heavy atom. The molecule has 0 unspecified atom stereocenters. The van der Waals surface area contributed by atoms with Gasteiger partial charge in [0.15, 0.2) is 0 Å². The summed E-state index contributed by atoms with van der Waals surface area (Å²) in [4.78, 5) is 4.96. The molecule has 124 valence electrons. The lowest BCUT2D eigenvalue weighted by atomic mass is 10.0. The van der Waals surface area contributed by atoms with E-state index < -0.39 is 25.7 Å². The van der Waals surface area contributed by atoms with Crippen LogP contribution in [0.2, 0.25) is 0 Å². The van der Waals surface area contributed by atoms with Crippen LogP contribution in [-0.4, -0.2) is 28.0 Å². The molecule has 0 spiro atoms. The molecule has 1 aliphatic heterocycles. The second kappa shape index (κ2) is 6.06. The van der Waals surface area contributed by atoms with Gasteiger partial charge in [-0.3, -0.25) is 4.98 Å². The fraction of sp³-hybridized carbons (Fsp3) is 0.381. The summed E-state index contributed by atoms with van der Waals surface area (Å²) in [7, 11) is 1.23. The summed E-state index contributed by atoms with van der Waals surface area (Å²) in [5, 5.41) is 0.453. The van der Waals surface area contributed by atoms with Crippen molar-refractivity contribution in [1.29, 1.82) is 0 Å². The van der Waals surface area contributed by atoms with Gasteiger partial charge in [-0.05, 0) is 56.6 Å². The standard InChI is InChI=1S/C21H25N3/c1-15-4-7-20-18(12-15)19-14-23(3)10-9-21(19)24(20)11-8-17-6-5-16(2)22-13-17/h4-7,12-13H,8-11,14H2,1-3H3/i8D2,9D2,10D2,14D2. The summed E-state index contributed by atoms with van der Waals surface area (Å²) < 4.78 is 70.5. The van der Waals surface area contributed by atoms with Crippen molar-refractivity contribution in [3.05, 3.63) is 64.6 Å². The van der Waals surface area contributed by atoms with E-state index in [2.05, 4.69) is 4.98 Å². The quantitative estimate of drug-likeness (QED) is 0.728. The van der Waals surface area contributed by atoms with Crippen LogP contribution in [0.3, 0.4) is 0 Å². The second-order valence-corrected chi connectivity index (χ2v) is 6.10. The number of aryl methyl sites for hydroxylation is 4. The Labute approximate surface area is 155 Å². The van der Waals surface area contributed by atoms with Crippen LogP contribution in [0.15, 0.2) is 36.5 Å². The van der Waals surface area contributed by atoms with E-state index in [9.17, 15) is 0 Å². The third-order valence-electron chi connectivity index (χ3n) is 4.19. The monoisotopic (exact) mass is 327 g/mol. The number of aromatic nitrogens is 2. The van der Waals surface area contributed by atoms with Crippen molar-refractivity contribution in [3.8, 4) is 0 Å². The summed E-state index contributed by atoms with van der Waals surface area (Å²) in [6, 6.07) is 8.60. The van der Waals surface area contributed by atoms with Crippen LogP contribution in [0.25, 0.3) is 10.9 Å². The number of benzene rings is 1. The topological polar surface area (TPSA) is 21.1 Å². The summed E-state index contributed by atoms with van der Waals surface area (Å²) in [5.74, 6) is 0. The maximum atomic E-state index is 8.71. The highest BCUT2D eigenvalue weighted by Crippen LogP contribution is 2.31. The van der Waals surface area contributed by atoms with Crippen LogP contribution in [-0.2, 0) is 25.8 Å². The summed E-state index contributed by atoms with van der Waals surface area (Å²) in [5.41, 5.74) is 2.22. The Hall–Kier alpha value is -2.13. The van der Waals surface area contributed by atoms with Crippen molar-refractivity contribution in [2.45, 2.75) is 39.6 Å². The number of fused-ring (bicyclic) bond motifs is 3. The normalized spacial score (nSPS) is 26.8. The molecule has 2 aromatic heterocycles. The molecule has 0 fully saturated rings. The van der Waals surface area contributed by atoms with Crippen molar-refractivity contribution in [2.75, 3.05) is 13.5 Å². The van der Waals surface area contributed by atoms with Gasteiger partial charge in [-0.1, -0.05) is 17.7 Å². The Kier molecular flexibility index (Phi) is 2.23. The van der Waals surface area contributed by atoms with E-state index >= 15 is 0 Å². The van der Waals surface area contributed by atoms with Crippen LogP contribution in [0.5, 0.6) is 0 Å². The second-order valence-electron chi connectivity index (χ2n) is 6.10. The van der Waals surface area contributed by atoms with E-state index in [0.717, 1.165) is 16.2 Å². The molecule has 3 nitrogen and oxygen atoms in total. The van der Waals surface area contributed by atoms with Gasteiger partial charge in [-0.2, -0.15) is 0 Å². The molecular formula is C21H25N3. The van der Waals surface area contributed by atoms with E-state index in [-0.39, 0.29) is 17.8 Å². The van der Waals surface area contributed by atoms with Crippen molar-refractivity contribution >= 4 is 10.9 Å². The van der Waals surface area contributed by atoms with Gasteiger partial charge in [0.1, 0.15) is 0 Å². The molecule has 1 aromatic carbocycles. The molecule has 0 radical (unpaired) electrons. The molecule has 24 heavy (non-hydrogen) atoms. The molecule has 0 saturated heterocycles. The third kappa shape index (κ3) is 2.73. The smallest absolute Gasteiger partial charge is 0.0486 e. The predicted octanol–water partition coefficient (Wildman–Crippen LogP) is 3.88. The zero-order valence-corrected chi connectivity index (χ0v) is 14.0. The van der Waals surface area contributed by atoms with Gasteiger partial charge in [0.25, 0.3) is 0 Å². The van der Waals surface area contributed by atoms with Gasteiger partial charge in [0.05, 0.1) is 0 Å². The number of pyridine rings is 1. The largest absolute Gasteiger partial charge is 0.344 e. The maximum Gasteiger partial charge on any atom is 0.0486 e. The highest BCUT2D eigenvalue weighted by Gasteiger charge is 2.22. The molecule has 3 heteroatoms. The van der Waals surface area contributed by atoms with E-state index in [1.165, 1.54) is 17.8 Å². The number of hydrogen-bond donors (Lipinski definition) is 0. The van der Waals surface area contributed by atoms with E-state index in [4.69, 9.17) is 11.0 Å². The molecule has 4 rings (SSSR count). The molecule has 3 heterocycles. The number of rotatable bonds is 3. The van der Waals surface area contributed by atoms with Gasteiger partial charge in [0, 0.05) is 65.4 Å². The first-order valence-corrected chi connectivity index (χ1v) is 7.93. The van der Waals surface area contributed by atoms with Gasteiger partial charge >= 0.3 is 0 Å². The highest BCUT2D eigenvalue weighted by molar-refractivity contribution is 5.86. The maximum absolute atomic E-state index is 8.71. The van der Waals surface area contributed by atoms with E-state index in [1.807, 2.05) is 6.92 Å². The summed E-state index contributed by atoms with van der Waals surface area (Å²) in [6.45, 7) is -1.65. The predicted molar refractivity (Wildman–Crippen MR) is 99.4 cm³/mol. The number of hydrogen-bond acceptors (Lipinski definition) is 2. The van der Waals surface area contributed by atoms with E-state index in [1.54, 1.807) is 37.3 Å². The van der Waals surface area contributed by atoms with Crippen LogP contribution >= 0.6 is 0 Å². The van der Waals surface area contributed by atoms with Gasteiger partial charge in [-0.25, -0.2) is 0 Å². The molecule has 0 aliphatic carbocycles. The zero-order valence-electron chi connectivity index (χ0n) is 22.0. The Balaban J connectivity index is 2.04. The fourth-order valence-corrected chi connectivity index (χ4v) is 2.95. The minimum Gasteiger partial charge on any atom is -0.344 e. The van der Waals surface area contributed by atoms with Crippen molar-refractivity contribution in [1.82, 2.24) is 14.5 Å². The van der Waals surface area contributed by atoms with E-state index in [0.29, 0.717) is 16.5 Å². The number of likely N-dealkylation sites (N-methyl/N-ethyl adjacent to an activating group) is 1. The van der Waals surface area contributed by atoms with Crippen LogP contribution < -0.4 is 0 Å². The Bertz CT molecular complexity index is 1200. The lowest BCUT2D eigenvalue weighted by Gasteiger charge is -2.24. The molecule has 1 aliphatic rings. The Morgan fingerprint density at radius 1 is 1.25 bits per heavy atom. The van der Waals surface area contributed by atoms with Crippen molar-refractivity contribution in [3.63, 3.8) is 0 Å².